The van der Waals surface area contributed by atoms with Gasteiger partial charge in [-0.05, 0) is 37.3 Å². The summed E-state index contributed by atoms with van der Waals surface area (Å²) in [7, 11) is 0. The number of amides is 3. The minimum absolute atomic E-state index is 0.0342. The Kier molecular flexibility index (Phi) is 12.9. The zero-order chi connectivity index (χ0) is 30.5. The van der Waals surface area contributed by atoms with Gasteiger partial charge in [0.15, 0.2) is 0 Å². The van der Waals surface area contributed by atoms with Gasteiger partial charge in [0.25, 0.3) is 5.91 Å². The lowest BCUT2D eigenvalue weighted by Gasteiger charge is -2.29. The molecule has 3 rings (SSSR count). The molecular formula is C31H40N4O6S. The van der Waals surface area contributed by atoms with Crippen LogP contribution in [-0.2, 0) is 32.1 Å². The van der Waals surface area contributed by atoms with E-state index in [9.17, 15) is 19.5 Å². The SMILES string of the molecule is CC(C)C[C@H](NC(=O)C(NC(=O)[C@H](Cc1ccccc1)NC(=O)OCc1ccccc1)OC(C)C)[C@@H](O)c1nccs1. The lowest BCUT2D eigenvalue weighted by atomic mass is 9.99. The third-order valence-corrected chi connectivity index (χ3v) is 7.01. The number of nitrogens with zero attached hydrogens (tertiary/aromatic N) is 1. The highest BCUT2D eigenvalue weighted by Crippen LogP contribution is 2.23. The minimum atomic E-state index is -1.38. The third-order valence-electron chi connectivity index (χ3n) is 6.16. The van der Waals surface area contributed by atoms with E-state index in [0.717, 1.165) is 11.1 Å². The van der Waals surface area contributed by atoms with Gasteiger partial charge in [-0.15, -0.1) is 11.3 Å². The number of rotatable bonds is 15. The van der Waals surface area contributed by atoms with Crippen molar-refractivity contribution in [3.63, 3.8) is 0 Å². The van der Waals surface area contributed by atoms with Crippen molar-refractivity contribution in [1.29, 1.82) is 0 Å². The maximum absolute atomic E-state index is 13.5. The first-order chi connectivity index (χ1) is 20.1. The van der Waals surface area contributed by atoms with Crippen molar-refractivity contribution in [2.75, 3.05) is 0 Å². The summed E-state index contributed by atoms with van der Waals surface area (Å²) in [6, 6.07) is 16.7. The van der Waals surface area contributed by atoms with Gasteiger partial charge >= 0.3 is 6.09 Å². The summed E-state index contributed by atoms with van der Waals surface area (Å²) in [4.78, 5) is 43.9. The van der Waals surface area contributed by atoms with Gasteiger partial charge in [-0.2, -0.15) is 0 Å². The highest BCUT2D eigenvalue weighted by atomic mass is 32.1. The van der Waals surface area contributed by atoms with Crippen molar-refractivity contribution >= 4 is 29.2 Å². The van der Waals surface area contributed by atoms with Crippen molar-refractivity contribution in [2.45, 2.75) is 77.7 Å². The number of carbonyl (C=O) groups excluding carboxylic acids is 3. The van der Waals surface area contributed by atoms with E-state index in [2.05, 4.69) is 20.9 Å². The molecule has 3 aromatic rings. The van der Waals surface area contributed by atoms with Crippen molar-refractivity contribution in [3.8, 4) is 0 Å². The molecule has 0 fully saturated rings. The molecule has 0 saturated heterocycles. The number of nitrogens with one attached hydrogen (secondary N) is 3. The zero-order valence-electron chi connectivity index (χ0n) is 24.4. The van der Waals surface area contributed by atoms with E-state index in [1.165, 1.54) is 11.3 Å². The number of hydrogen-bond acceptors (Lipinski definition) is 8. The van der Waals surface area contributed by atoms with Crippen LogP contribution < -0.4 is 16.0 Å². The van der Waals surface area contributed by atoms with Gasteiger partial charge in [-0.3, -0.25) is 9.59 Å². The largest absolute Gasteiger partial charge is 0.445 e. The summed E-state index contributed by atoms with van der Waals surface area (Å²) in [5.74, 6) is -1.09. The average Bonchev–Trinajstić information content (AvgIpc) is 3.50. The summed E-state index contributed by atoms with van der Waals surface area (Å²) in [5, 5.41) is 21.3. The van der Waals surface area contributed by atoms with E-state index < -0.39 is 48.4 Å². The van der Waals surface area contributed by atoms with Crippen molar-refractivity contribution < 1.29 is 29.0 Å². The Morgan fingerprint density at radius 2 is 1.52 bits per heavy atom. The monoisotopic (exact) mass is 596 g/mol. The highest BCUT2D eigenvalue weighted by Gasteiger charge is 2.32. The first kappa shape index (κ1) is 32.7. The minimum Gasteiger partial charge on any atom is -0.445 e. The van der Waals surface area contributed by atoms with Crippen LogP contribution in [0.25, 0.3) is 0 Å². The average molecular weight is 597 g/mol. The van der Waals surface area contributed by atoms with Crippen LogP contribution >= 0.6 is 11.3 Å². The molecule has 1 aromatic heterocycles. The van der Waals surface area contributed by atoms with Gasteiger partial charge in [0.05, 0.1) is 12.1 Å². The van der Waals surface area contributed by atoms with Gasteiger partial charge in [-0.1, -0.05) is 74.5 Å². The van der Waals surface area contributed by atoms with Crippen LogP contribution in [-0.4, -0.2) is 52.4 Å². The summed E-state index contributed by atoms with van der Waals surface area (Å²) in [5.41, 5.74) is 1.60. The number of benzene rings is 2. The van der Waals surface area contributed by atoms with Crippen LogP contribution in [0.3, 0.4) is 0 Å². The van der Waals surface area contributed by atoms with Gasteiger partial charge < -0.3 is 30.5 Å². The van der Waals surface area contributed by atoms with Gasteiger partial charge in [0.1, 0.15) is 23.8 Å². The fourth-order valence-electron chi connectivity index (χ4n) is 4.22. The number of aliphatic hydroxyl groups excluding tert-OH is 1. The van der Waals surface area contributed by atoms with Crippen LogP contribution in [0.2, 0.25) is 0 Å². The zero-order valence-corrected chi connectivity index (χ0v) is 25.2. The molecule has 226 valence electrons. The van der Waals surface area contributed by atoms with Gasteiger partial charge in [0.2, 0.25) is 12.1 Å². The standard InChI is InChI=1S/C31H40N4O6S/c1-20(2)17-24(26(36)30-32-15-16-42-30)33-28(38)29(41-21(3)4)35-27(37)25(18-22-11-7-5-8-12-22)34-31(39)40-19-23-13-9-6-10-14-23/h5-16,20-21,24-26,29,36H,17-19H2,1-4H3,(H,33,38)(H,34,39)(H,35,37)/t24-,25-,26+,29?/m0/s1. The predicted octanol–water partition coefficient (Wildman–Crippen LogP) is 4.11. The molecule has 1 unspecified atom stereocenters. The van der Waals surface area contributed by atoms with Gasteiger partial charge in [-0.25, -0.2) is 9.78 Å². The quantitative estimate of drug-likeness (QED) is 0.194. The van der Waals surface area contributed by atoms with E-state index in [-0.39, 0.29) is 18.9 Å². The molecule has 0 aliphatic heterocycles. The first-order valence-corrected chi connectivity index (χ1v) is 14.8. The molecule has 0 bridgehead atoms. The highest BCUT2D eigenvalue weighted by molar-refractivity contribution is 7.09. The molecular weight excluding hydrogens is 556 g/mol. The molecule has 0 saturated carbocycles. The molecule has 1 heterocycles. The smallest absolute Gasteiger partial charge is 0.408 e. The fourth-order valence-corrected chi connectivity index (χ4v) is 4.90. The Hall–Kier alpha value is -3.80. The Bertz CT molecular complexity index is 1240. The van der Waals surface area contributed by atoms with Crippen LogP contribution in [0.15, 0.2) is 72.2 Å². The van der Waals surface area contributed by atoms with Crippen LogP contribution in [0.5, 0.6) is 0 Å². The normalized spacial score (nSPS) is 14.1. The first-order valence-electron chi connectivity index (χ1n) is 14.0. The lowest BCUT2D eigenvalue weighted by molar-refractivity contribution is -0.146. The second kappa shape index (κ2) is 16.6. The maximum atomic E-state index is 13.5. The fraction of sp³-hybridized carbons (Fsp3) is 0.419. The topological polar surface area (TPSA) is 139 Å². The summed E-state index contributed by atoms with van der Waals surface area (Å²) in [6.45, 7) is 7.47. The van der Waals surface area contributed by atoms with E-state index in [0.29, 0.717) is 11.4 Å². The maximum Gasteiger partial charge on any atom is 0.408 e. The molecule has 42 heavy (non-hydrogen) atoms. The molecule has 2 aromatic carbocycles. The second-order valence-electron chi connectivity index (χ2n) is 10.6. The summed E-state index contributed by atoms with van der Waals surface area (Å²) >= 11 is 1.29. The van der Waals surface area contributed by atoms with Crippen LogP contribution in [0.1, 0.15) is 56.4 Å². The van der Waals surface area contributed by atoms with E-state index in [1.54, 1.807) is 25.4 Å². The molecule has 0 radical (unpaired) electrons. The molecule has 0 aliphatic rings. The molecule has 3 amide bonds. The molecule has 11 heteroatoms. The Morgan fingerprint density at radius 3 is 2.10 bits per heavy atom. The molecule has 0 aliphatic carbocycles. The van der Waals surface area contributed by atoms with E-state index in [4.69, 9.17) is 9.47 Å². The Morgan fingerprint density at radius 1 is 0.881 bits per heavy atom. The molecule has 4 N–H and O–H groups in total. The summed E-state index contributed by atoms with van der Waals surface area (Å²) < 4.78 is 11.1. The summed E-state index contributed by atoms with van der Waals surface area (Å²) in [6.07, 6.45) is -1.38. The number of ether oxygens (including phenoxy) is 2. The Balaban J connectivity index is 1.74. The number of carbonyl (C=O) groups is 3. The number of aromatic nitrogens is 1. The van der Waals surface area contributed by atoms with Crippen molar-refractivity contribution in [2.24, 2.45) is 5.92 Å². The van der Waals surface area contributed by atoms with E-state index >= 15 is 0 Å². The van der Waals surface area contributed by atoms with Crippen molar-refractivity contribution in [1.82, 2.24) is 20.9 Å². The van der Waals surface area contributed by atoms with Gasteiger partial charge in [0, 0.05) is 18.0 Å². The Labute approximate surface area is 250 Å². The molecule has 4 atom stereocenters. The molecule has 10 nitrogen and oxygen atoms in total. The van der Waals surface area contributed by atoms with Crippen LogP contribution in [0.4, 0.5) is 4.79 Å². The second-order valence-corrected chi connectivity index (χ2v) is 11.5. The van der Waals surface area contributed by atoms with E-state index in [1.807, 2.05) is 74.5 Å². The predicted molar refractivity (Wildman–Crippen MR) is 160 cm³/mol. The number of aliphatic hydroxyl groups is 1. The molecule has 0 spiro atoms. The third kappa shape index (κ3) is 10.9. The van der Waals surface area contributed by atoms with Crippen molar-refractivity contribution in [3.05, 3.63) is 88.4 Å². The lowest BCUT2D eigenvalue weighted by Crippen LogP contribution is -2.57. The number of hydrogen-bond donors (Lipinski definition) is 4. The van der Waals surface area contributed by atoms with Crippen LogP contribution in [0, 0.1) is 5.92 Å². The number of alkyl carbamates (subject to hydrolysis) is 1. The number of thiazole rings is 1.